The number of benzene rings is 1. The molecule has 0 spiro atoms. The molecule has 0 saturated carbocycles. The van der Waals surface area contributed by atoms with Gasteiger partial charge in [-0.3, -0.25) is 20.2 Å². The van der Waals surface area contributed by atoms with Gasteiger partial charge in [-0.05, 0) is 30.7 Å². The Hall–Kier alpha value is -1.98. The summed E-state index contributed by atoms with van der Waals surface area (Å²) < 4.78 is 0. The molecule has 21 heavy (non-hydrogen) atoms. The SMILES string of the molecule is CCC1(C)CC(C)(C)c2cc([N+](=O)[O-])c(C)c([N+](=O)[O-])c21. The summed E-state index contributed by atoms with van der Waals surface area (Å²) in [5, 5.41) is 22.8. The van der Waals surface area contributed by atoms with E-state index >= 15 is 0 Å². The van der Waals surface area contributed by atoms with Gasteiger partial charge in [0.05, 0.1) is 9.85 Å². The van der Waals surface area contributed by atoms with Gasteiger partial charge in [0.1, 0.15) is 5.56 Å². The molecular weight excluding hydrogens is 272 g/mol. The molecule has 0 N–H and O–H groups in total. The van der Waals surface area contributed by atoms with Crippen molar-refractivity contribution in [3.8, 4) is 0 Å². The topological polar surface area (TPSA) is 86.3 Å². The van der Waals surface area contributed by atoms with E-state index < -0.39 is 9.85 Å². The molecule has 2 rings (SSSR count). The molecule has 1 aromatic carbocycles. The van der Waals surface area contributed by atoms with Gasteiger partial charge in [0.25, 0.3) is 11.4 Å². The summed E-state index contributed by atoms with van der Waals surface area (Å²) in [6.07, 6.45) is 1.52. The van der Waals surface area contributed by atoms with Crippen LogP contribution in [0.1, 0.15) is 57.2 Å². The third-order valence-electron chi connectivity index (χ3n) is 4.85. The van der Waals surface area contributed by atoms with Crippen LogP contribution in [0.5, 0.6) is 0 Å². The maximum Gasteiger partial charge on any atom is 0.283 e. The Morgan fingerprint density at radius 3 is 2.19 bits per heavy atom. The molecule has 0 bridgehead atoms. The number of hydrogen-bond donors (Lipinski definition) is 0. The molecule has 0 radical (unpaired) electrons. The molecule has 0 amide bonds. The zero-order valence-electron chi connectivity index (χ0n) is 13.0. The summed E-state index contributed by atoms with van der Waals surface area (Å²) in [7, 11) is 0. The quantitative estimate of drug-likeness (QED) is 0.618. The van der Waals surface area contributed by atoms with Gasteiger partial charge in [0.15, 0.2) is 0 Å². The second kappa shape index (κ2) is 4.51. The number of rotatable bonds is 3. The fraction of sp³-hybridized carbons (Fsp3) is 0.600. The van der Waals surface area contributed by atoms with Crippen molar-refractivity contribution in [2.75, 3.05) is 0 Å². The number of nitro benzene ring substituents is 2. The third kappa shape index (κ3) is 2.09. The number of nitro groups is 2. The molecule has 0 aromatic heterocycles. The van der Waals surface area contributed by atoms with Crippen LogP contribution < -0.4 is 0 Å². The predicted octanol–water partition coefficient (Wildman–Crippen LogP) is 4.16. The van der Waals surface area contributed by atoms with Crippen molar-refractivity contribution in [2.45, 2.75) is 58.3 Å². The Bertz CT molecular complexity index is 652. The van der Waals surface area contributed by atoms with E-state index in [0.717, 1.165) is 18.4 Å². The van der Waals surface area contributed by atoms with E-state index in [1.165, 1.54) is 6.92 Å². The minimum atomic E-state index is -0.527. The van der Waals surface area contributed by atoms with Crippen molar-refractivity contribution in [3.63, 3.8) is 0 Å². The summed E-state index contributed by atoms with van der Waals surface area (Å²) in [5.41, 5.74) is 0.729. The van der Waals surface area contributed by atoms with Crippen molar-refractivity contribution < 1.29 is 9.85 Å². The Morgan fingerprint density at radius 2 is 1.76 bits per heavy atom. The maximum absolute atomic E-state index is 11.6. The molecule has 1 aromatic rings. The summed E-state index contributed by atoms with van der Waals surface area (Å²) in [6.45, 7) is 9.48. The molecule has 0 saturated heterocycles. The molecule has 6 heteroatoms. The van der Waals surface area contributed by atoms with Gasteiger partial charge in [0, 0.05) is 17.0 Å². The first-order valence-corrected chi connectivity index (χ1v) is 7.02. The lowest BCUT2D eigenvalue weighted by Gasteiger charge is -2.25. The van der Waals surface area contributed by atoms with E-state index in [9.17, 15) is 20.2 Å². The zero-order chi connectivity index (χ0) is 16.2. The highest BCUT2D eigenvalue weighted by atomic mass is 16.6. The van der Waals surface area contributed by atoms with Gasteiger partial charge in [-0.1, -0.05) is 27.7 Å². The smallest absolute Gasteiger partial charge is 0.258 e. The second-order valence-corrected chi connectivity index (χ2v) is 6.78. The van der Waals surface area contributed by atoms with Crippen LogP contribution in [0.2, 0.25) is 0 Å². The van der Waals surface area contributed by atoms with E-state index in [0.29, 0.717) is 5.56 Å². The minimum Gasteiger partial charge on any atom is -0.258 e. The highest BCUT2D eigenvalue weighted by Crippen LogP contribution is 2.56. The average molecular weight is 292 g/mol. The van der Waals surface area contributed by atoms with E-state index in [2.05, 4.69) is 0 Å². The molecule has 0 heterocycles. The maximum atomic E-state index is 11.6. The van der Waals surface area contributed by atoms with Crippen molar-refractivity contribution in [1.82, 2.24) is 0 Å². The van der Waals surface area contributed by atoms with Crippen molar-refractivity contribution in [2.24, 2.45) is 0 Å². The Labute approximate surface area is 123 Å². The lowest BCUT2D eigenvalue weighted by molar-refractivity contribution is -0.395. The van der Waals surface area contributed by atoms with E-state index in [1.54, 1.807) is 6.07 Å². The Balaban J connectivity index is 2.95. The second-order valence-electron chi connectivity index (χ2n) is 6.78. The monoisotopic (exact) mass is 292 g/mol. The third-order valence-corrected chi connectivity index (χ3v) is 4.85. The molecule has 1 atom stereocenters. The summed E-state index contributed by atoms with van der Waals surface area (Å²) in [4.78, 5) is 21.8. The molecule has 1 aliphatic rings. The van der Waals surface area contributed by atoms with Gasteiger partial charge in [-0.15, -0.1) is 0 Å². The normalized spacial score (nSPS) is 22.9. The molecule has 1 aliphatic carbocycles. The van der Waals surface area contributed by atoms with Gasteiger partial charge in [-0.2, -0.15) is 0 Å². The highest BCUT2D eigenvalue weighted by molar-refractivity contribution is 5.67. The van der Waals surface area contributed by atoms with Crippen LogP contribution in [0.3, 0.4) is 0 Å². The molecular formula is C15H20N2O4. The first kappa shape index (κ1) is 15.4. The average Bonchev–Trinajstić information content (AvgIpc) is 2.55. The lowest BCUT2D eigenvalue weighted by Crippen LogP contribution is -2.21. The van der Waals surface area contributed by atoms with E-state index in [1.807, 2.05) is 27.7 Å². The van der Waals surface area contributed by atoms with Crippen molar-refractivity contribution in [3.05, 3.63) is 43.0 Å². The first-order valence-electron chi connectivity index (χ1n) is 7.02. The molecule has 1 unspecified atom stereocenters. The van der Waals surface area contributed by atoms with Gasteiger partial charge >= 0.3 is 0 Å². The lowest BCUT2D eigenvalue weighted by atomic mass is 9.78. The van der Waals surface area contributed by atoms with E-state index in [-0.39, 0.29) is 27.8 Å². The van der Waals surface area contributed by atoms with Crippen LogP contribution in [-0.4, -0.2) is 9.85 Å². The first-order chi connectivity index (χ1) is 9.55. The predicted molar refractivity (Wildman–Crippen MR) is 79.8 cm³/mol. The minimum absolute atomic E-state index is 0.0749. The van der Waals surface area contributed by atoms with Crippen molar-refractivity contribution in [1.29, 1.82) is 0 Å². The van der Waals surface area contributed by atoms with Crippen molar-refractivity contribution >= 4 is 11.4 Å². The van der Waals surface area contributed by atoms with Gasteiger partial charge in [-0.25, -0.2) is 0 Å². The van der Waals surface area contributed by atoms with Crippen LogP contribution in [0.25, 0.3) is 0 Å². The zero-order valence-corrected chi connectivity index (χ0v) is 13.0. The molecule has 114 valence electrons. The number of fused-ring (bicyclic) bond motifs is 1. The van der Waals surface area contributed by atoms with Crippen LogP contribution in [0.15, 0.2) is 6.07 Å². The van der Waals surface area contributed by atoms with Crippen LogP contribution >= 0.6 is 0 Å². The summed E-state index contributed by atoms with van der Waals surface area (Å²) >= 11 is 0. The van der Waals surface area contributed by atoms with Crippen LogP contribution in [0.4, 0.5) is 11.4 Å². The van der Waals surface area contributed by atoms with E-state index in [4.69, 9.17) is 0 Å². The Morgan fingerprint density at radius 1 is 1.19 bits per heavy atom. The van der Waals surface area contributed by atoms with Crippen LogP contribution in [0, 0.1) is 27.2 Å². The molecule has 6 nitrogen and oxygen atoms in total. The highest BCUT2D eigenvalue weighted by Gasteiger charge is 2.50. The molecule has 0 aliphatic heterocycles. The summed E-state index contributed by atoms with van der Waals surface area (Å²) in [6, 6.07) is 1.54. The summed E-state index contributed by atoms with van der Waals surface area (Å²) in [5.74, 6) is 0. The number of hydrogen-bond acceptors (Lipinski definition) is 4. The van der Waals surface area contributed by atoms with Crippen LogP contribution in [-0.2, 0) is 10.8 Å². The Kier molecular flexibility index (Phi) is 3.31. The molecule has 0 fully saturated rings. The standard InChI is InChI=1S/C15H20N2O4/c1-6-15(5)8-14(3,4)10-7-11(16(18)19)9(2)13(12(10)15)17(20)21/h7H,6,8H2,1-5H3. The fourth-order valence-corrected chi connectivity index (χ4v) is 3.78. The van der Waals surface area contributed by atoms with Gasteiger partial charge < -0.3 is 0 Å². The fourth-order valence-electron chi connectivity index (χ4n) is 3.78. The number of nitrogens with zero attached hydrogens (tertiary/aromatic N) is 2. The largest absolute Gasteiger partial charge is 0.283 e. The van der Waals surface area contributed by atoms with Gasteiger partial charge in [0.2, 0.25) is 0 Å².